The monoisotopic (exact) mass is 811 g/mol. The maximum atomic E-state index is 10.1. The van der Waals surface area contributed by atoms with E-state index in [2.05, 4.69) is 226 Å². The maximum Gasteiger partial charge on any atom is 0.139 e. The summed E-state index contributed by atoms with van der Waals surface area (Å²) in [7, 11) is 0. The molecule has 0 amide bonds. The zero-order valence-corrected chi connectivity index (χ0v) is 35.9. The predicted molar refractivity (Wildman–Crippen MR) is 264 cm³/mol. The van der Waals surface area contributed by atoms with Crippen LogP contribution in [0.5, 0.6) is 11.5 Å². The standard InChI is InChI=1S/C62H50O/c1-62(2)51-37-20-21-38-53(51)63-61-52(62)40-39-50(42-23-18-19-24-42)54(61)48-35-22-36-49(41-48)60-58(46-31-14-6-15-32-46)56(44-27-10-4-11-28-44)55(43-25-8-3-9-26-43)57(45-29-12-5-13-30-45)59(60)47-33-16-7-17-34-47/h3-17,20-22,25-42H,18-19,23-24H2,1-2H3/i42D. The molecule has 9 aromatic carbocycles. The second-order valence-corrected chi connectivity index (χ2v) is 17.6. The molecule has 0 unspecified atom stereocenters. The third-order valence-electron chi connectivity index (χ3n) is 13.4. The Morgan fingerprint density at radius 3 is 1.19 bits per heavy atom. The Balaban J connectivity index is 1.31. The van der Waals surface area contributed by atoms with E-state index in [1.807, 2.05) is 0 Å². The lowest BCUT2D eigenvalue weighted by Gasteiger charge is -2.36. The van der Waals surface area contributed by atoms with E-state index >= 15 is 0 Å². The molecule has 304 valence electrons. The van der Waals surface area contributed by atoms with Crippen LogP contribution in [0.3, 0.4) is 0 Å². The van der Waals surface area contributed by atoms with Crippen molar-refractivity contribution >= 4 is 0 Å². The normalized spacial score (nSPS) is 14.9. The summed E-state index contributed by atoms with van der Waals surface area (Å²) in [5.41, 5.74) is 19.1. The highest BCUT2D eigenvalue weighted by molar-refractivity contribution is 6.15. The molecule has 0 radical (unpaired) electrons. The van der Waals surface area contributed by atoms with Gasteiger partial charge in [-0.05, 0) is 109 Å². The van der Waals surface area contributed by atoms with Crippen molar-refractivity contribution in [3.8, 4) is 89.4 Å². The molecule has 1 aliphatic heterocycles. The Bertz CT molecular complexity index is 3030. The van der Waals surface area contributed by atoms with Crippen LogP contribution in [0.15, 0.2) is 212 Å². The first kappa shape index (κ1) is 37.5. The number of hydrogen-bond acceptors (Lipinski definition) is 1. The van der Waals surface area contributed by atoms with Gasteiger partial charge in [-0.2, -0.15) is 0 Å². The molecule has 1 heterocycles. The molecule has 0 saturated heterocycles. The second kappa shape index (κ2) is 16.2. The molecule has 1 aliphatic carbocycles. The zero-order chi connectivity index (χ0) is 43.3. The molecule has 0 N–H and O–H groups in total. The van der Waals surface area contributed by atoms with Crippen molar-refractivity contribution in [1.82, 2.24) is 0 Å². The maximum absolute atomic E-state index is 10.1. The largest absolute Gasteiger partial charge is 0.456 e. The van der Waals surface area contributed by atoms with Gasteiger partial charge in [0, 0.05) is 23.5 Å². The number of hydrogen-bond donors (Lipinski definition) is 0. The van der Waals surface area contributed by atoms with Crippen molar-refractivity contribution in [2.24, 2.45) is 0 Å². The summed E-state index contributed by atoms with van der Waals surface area (Å²) in [6, 6.07) is 76.9. The molecule has 1 saturated carbocycles. The van der Waals surface area contributed by atoms with Crippen LogP contribution in [0, 0.1) is 0 Å². The SMILES string of the molecule is [2H]C1(c2ccc3c(c2-c2cccc(-c4c(-c5ccccc5)c(-c5ccccc5)c(-c5ccccc5)c(-c5ccccc5)c4-c4ccccc4)c2)Oc2ccccc2C3(C)C)CCCC1. The van der Waals surface area contributed by atoms with Gasteiger partial charge in [0.05, 0.1) is 0 Å². The summed E-state index contributed by atoms with van der Waals surface area (Å²) in [6.45, 7) is 4.61. The van der Waals surface area contributed by atoms with E-state index in [-0.39, 0.29) is 5.41 Å². The number of rotatable bonds is 8. The zero-order valence-electron chi connectivity index (χ0n) is 36.9. The Morgan fingerprint density at radius 2 is 0.746 bits per heavy atom. The van der Waals surface area contributed by atoms with Gasteiger partial charge in [0.15, 0.2) is 0 Å². The average Bonchev–Trinajstić information content (AvgIpc) is 3.81. The highest BCUT2D eigenvalue weighted by Gasteiger charge is 2.38. The Kier molecular flexibility index (Phi) is 9.67. The van der Waals surface area contributed by atoms with Crippen molar-refractivity contribution in [3.63, 3.8) is 0 Å². The molecule has 1 fully saturated rings. The molecule has 11 rings (SSSR count). The highest BCUT2D eigenvalue weighted by Crippen LogP contribution is 2.58. The minimum Gasteiger partial charge on any atom is -0.456 e. The Morgan fingerprint density at radius 1 is 0.381 bits per heavy atom. The van der Waals surface area contributed by atoms with Gasteiger partial charge in [0.2, 0.25) is 0 Å². The van der Waals surface area contributed by atoms with Crippen molar-refractivity contribution in [2.45, 2.75) is 50.8 Å². The van der Waals surface area contributed by atoms with Crippen molar-refractivity contribution in [1.29, 1.82) is 0 Å². The van der Waals surface area contributed by atoms with E-state index < -0.39 is 5.89 Å². The molecule has 0 aromatic heterocycles. The fourth-order valence-electron chi connectivity index (χ4n) is 10.5. The number of ether oxygens (including phenoxy) is 1. The van der Waals surface area contributed by atoms with Gasteiger partial charge in [-0.25, -0.2) is 0 Å². The first-order valence-electron chi connectivity index (χ1n) is 23.0. The van der Waals surface area contributed by atoms with E-state index in [1.165, 1.54) is 33.4 Å². The van der Waals surface area contributed by atoms with E-state index in [0.29, 0.717) is 0 Å². The fraction of sp³-hybridized carbons (Fsp3) is 0.129. The van der Waals surface area contributed by atoms with Crippen LogP contribution in [-0.2, 0) is 5.41 Å². The highest BCUT2D eigenvalue weighted by atomic mass is 16.5. The Hall–Kier alpha value is -7.22. The average molecular weight is 812 g/mol. The van der Waals surface area contributed by atoms with Gasteiger partial charge in [0.25, 0.3) is 0 Å². The second-order valence-electron chi connectivity index (χ2n) is 17.6. The summed E-state index contributed by atoms with van der Waals surface area (Å²) in [4.78, 5) is 0. The van der Waals surface area contributed by atoms with Crippen LogP contribution in [0.4, 0.5) is 0 Å². The molecule has 9 aromatic rings. The molecule has 1 nitrogen and oxygen atoms in total. The molecule has 0 spiro atoms. The Labute approximate surface area is 373 Å². The molecular formula is C62H50O. The smallest absolute Gasteiger partial charge is 0.139 e. The van der Waals surface area contributed by atoms with E-state index in [1.54, 1.807) is 0 Å². The van der Waals surface area contributed by atoms with E-state index in [9.17, 15) is 1.37 Å². The summed E-state index contributed by atoms with van der Waals surface area (Å²) < 4.78 is 17.2. The van der Waals surface area contributed by atoms with Crippen LogP contribution in [-0.4, -0.2) is 0 Å². The van der Waals surface area contributed by atoms with Crippen molar-refractivity contribution < 1.29 is 6.11 Å². The van der Waals surface area contributed by atoms with Gasteiger partial charge >= 0.3 is 0 Å². The van der Waals surface area contributed by atoms with Crippen molar-refractivity contribution in [2.75, 3.05) is 0 Å². The van der Waals surface area contributed by atoms with Gasteiger partial charge in [-0.1, -0.05) is 227 Å². The van der Waals surface area contributed by atoms with Crippen LogP contribution >= 0.6 is 0 Å². The van der Waals surface area contributed by atoms with Gasteiger partial charge < -0.3 is 4.74 Å². The molecule has 2 aliphatic rings. The van der Waals surface area contributed by atoms with Crippen LogP contribution < -0.4 is 4.74 Å². The van der Waals surface area contributed by atoms with Crippen molar-refractivity contribution in [3.05, 3.63) is 229 Å². The molecule has 63 heavy (non-hydrogen) atoms. The van der Waals surface area contributed by atoms with Gasteiger partial charge in [-0.15, -0.1) is 0 Å². The van der Waals surface area contributed by atoms with Gasteiger partial charge in [0.1, 0.15) is 11.5 Å². The first-order valence-corrected chi connectivity index (χ1v) is 22.5. The molecule has 0 atom stereocenters. The number of para-hydroxylation sites is 1. The third kappa shape index (κ3) is 6.80. The first-order chi connectivity index (χ1) is 31.4. The third-order valence-corrected chi connectivity index (χ3v) is 13.4. The van der Waals surface area contributed by atoms with Gasteiger partial charge in [-0.3, -0.25) is 0 Å². The molecule has 0 bridgehead atoms. The minimum absolute atomic E-state index is 0.302. The summed E-state index contributed by atoms with van der Waals surface area (Å²) in [5, 5.41) is 0. The summed E-state index contributed by atoms with van der Waals surface area (Å²) in [6.07, 6.45) is 3.76. The number of fused-ring (bicyclic) bond motifs is 2. The molecular weight excluding hydrogens is 761 g/mol. The van der Waals surface area contributed by atoms with Crippen LogP contribution in [0.25, 0.3) is 77.9 Å². The predicted octanol–water partition coefficient (Wildman–Crippen LogP) is 17.4. The molecule has 1 heteroatoms. The lowest BCUT2D eigenvalue weighted by Crippen LogP contribution is -2.25. The summed E-state index contributed by atoms with van der Waals surface area (Å²) in [5.74, 6) is 1.04. The van der Waals surface area contributed by atoms with E-state index in [4.69, 9.17) is 4.74 Å². The van der Waals surface area contributed by atoms with Crippen LogP contribution in [0.1, 0.15) is 63.5 Å². The lowest BCUT2D eigenvalue weighted by atomic mass is 9.72. The topological polar surface area (TPSA) is 9.23 Å². The fourth-order valence-corrected chi connectivity index (χ4v) is 10.5. The van der Waals surface area contributed by atoms with E-state index in [0.717, 1.165) is 98.4 Å². The summed E-state index contributed by atoms with van der Waals surface area (Å²) >= 11 is 0. The minimum atomic E-state index is -0.715. The quantitative estimate of drug-likeness (QED) is 0.149. The lowest BCUT2D eigenvalue weighted by molar-refractivity contribution is 0.418. The number of benzene rings is 9. The van der Waals surface area contributed by atoms with Crippen LogP contribution in [0.2, 0.25) is 0 Å².